The van der Waals surface area contributed by atoms with Crippen LogP contribution in [-0.4, -0.2) is 54.8 Å². The minimum atomic E-state index is -0.0809. The van der Waals surface area contributed by atoms with E-state index in [1.165, 1.54) is 5.56 Å². The fraction of sp³-hybridized carbons (Fsp3) is 0.429. The van der Waals surface area contributed by atoms with Gasteiger partial charge in [0, 0.05) is 45.0 Å². The lowest BCUT2D eigenvalue weighted by molar-refractivity contribution is 0.0942. The van der Waals surface area contributed by atoms with Crippen LogP contribution in [0.1, 0.15) is 29.8 Å². The molecule has 0 spiro atoms. The number of rotatable bonds is 5. The Bertz CT molecular complexity index is 830. The SMILES string of the molecule is CC(C)NC(=O)c1ccc(N2CCN(Cc3ccc4c(c3)OCO4)CC2)nc1. The molecule has 1 fully saturated rings. The Hall–Kier alpha value is -2.80. The van der Waals surface area contributed by atoms with Crippen molar-refractivity contribution in [1.29, 1.82) is 0 Å². The third kappa shape index (κ3) is 4.20. The molecule has 7 nitrogen and oxygen atoms in total. The first-order valence-corrected chi connectivity index (χ1v) is 9.71. The number of hydrogen-bond donors (Lipinski definition) is 1. The number of nitrogens with zero attached hydrogens (tertiary/aromatic N) is 3. The number of pyridine rings is 1. The van der Waals surface area contributed by atoms with Gasteiger partial charge in [-0.1, -0.05) is 6.07 Å². The molecule has 0 saturated carbocycles. The van der Waals surface area contributed by atoms with E-state index >= 15 is 0 Å². The Morgan fingerprint density at radius 2 is 1.89 bits per heavy atom. The molecule has 0 radical (unpaired) electrons. The van der Waals surface area contributed by atoms with Gasteiger partial charge in [0.25, 0.3) is 5.91 Å². The van der Waals surface area contributed by atoms with E-state index < -0.39 is 0 Å². The first-order valence-electron chi connectivity index (χ1n) is 9.71. The predicted molar refractivity (Wildman–Crippen MR) is 107 cm³/mol. The van der Waals surface area contributed by atoms with Gasteiger partial charge in [-0.05, 0) is 43.7 Å². The molecule has 0 bridgehead atoms. The normalized spacial score (nSPS) is 16.5. The fourth-order valence-corrected chi connectivity index (χ4v) is 3.49. The summed E-state index contributed by atoms with van der Waals surface area (Å²) in [6.07, 6.45) is 1.66. The summed E-state index contributed by atoms with van der Waals surface area (Å²) in [6.45, 7) is 8.85. The number of aromatic nitrogens is 1. The van der Waals surface area contributed by atoms with E-state index in [4.69, 9.17) is 9.47 Å². The second kappa shape index (κ2) is 8.06. The molecule has 0 unspecified atom stereocenters. The number of amides is 1. The van der Waals surface area contributed by atoms with Gasteiger partial charge in [0.2, 0.25) is 6.79 Å². The Kier molecular flexibility index (Phi) is 5.34. The van der Waals surface area contributed by atoms with Crippen molar-refractivity contribution in [3.05, 3.63) is 47.7 Å². The summed E-state index contributed by atoms with van der Waals surface area (Å²) in [5.74, 6) is 2.50. The van der Waals surface area contributed by atoms with Crippen molar-refractivity contribution in [2.45, 2.75) is 26.4 Å². The lowest BCUT2D eigenvalue weighted by Gasteiger charge is -2.35. The Balaban J connectivity index is 1.31. The Morgan fingerprint density at radius 3 is 2.61 bits per heavy atom. The third-order valence-electron chi connectivity index (χ3n) is 4.97. The minimum Gasteiger partial charge on any atom is -0.454 e. The van der Waals surface area contributed by atoms with E-state index in [1.54, 1.807) is 6.20 Å². The number of fused-ring (bicyclic) bond motifs is 1. The third-order valence-corrected chi connectivity index (χ3v) is 4.97. The van der Waals surface area contributed by atoms with E-state index in [-0.39, 0.29) is 11.9 Å². The number of hydrogen-bond acceptors (Lipinski definition) is 6. The van der Waals surface area contributed by atoms with Crippen molar-refractivity contribution in [2.75, 3.05) is 37.9 Å². The molecule has 3 heterocycles. The van der Waals surface area contributed by atoms with Gasteiger partial charge in [-0.25, -0.2) is 4.98 Å². The number of anilines is 1. The molecular weight excluding hydrogens is 356 g/mol. The lowest BCUT2D eigenvalue weighted by atomic mass is 10.1. The molecular formula is C21H26N4O3. The smallest absolute Gasteiger partial charge is 0.253 e. The second-order valence-electron chi connectivity index (χ2n) is 7.48. The number of piperazine rings is 1. The molecule has 1 aromatic heterocycles. The quantitative estimate of drug-likeness (QED) is 0.856. The molecule has 1 amide bonds. The molecule has 4 rings (SSSR count). The lowest BCUT2D eigenvalue weighted by Crippen LogP contribution is -2.46. The van der Waals surface area contributed by atoms with Crippen LogP contribution >= 0.6 is 0 Å². The van der Waals surface area contributed by atoms with Gasteiger partial charge < -0.3 is 19.7 Å². The summed E-state index contributed by atoms with van der Waals surface area (Å²) >= 11 is 0. The largest absolute Gasteiger partial charge is 0.454 e. The van der Waals surface area contributed by atoms with Crippen molar-refractivity contribution in [3.63, 3.8) is 0 Å². The summed E-state index contributed by atoms with van der Waals surface area (Å²) in [6, 6.07) is 10.0. The Morgan fingerprint density at radius 1 is 1.11 bits per heavy atom. The van der Waals surface area contributed by atoms with E-state index in [1.807, 2.05) is 32.0 Å². The maximum atomic E-state index is 12.0. The van der Waals surface area contributed by atoms with E-state index in [0.29, 0.717) is 12.4 Å². The molecule has 7 heteroatoms. The van der Waals surface area contributed by atoms with Crippen molar-refractivity contribution in [2.24, 2.45) is 0 Å². The van der Waals surface area contributed by atoms with Crippen molar-refractivity contribution in [1.82, 2.24) is 15.2 Å². The highest BCUT2D eigenvalue weighted by molar-refractivity contribution is 5.94. The van der Waals surface area contributed by atoms with Gasteiger partial charge in [0.15, 0.2) is 11.5 Å². The first-order chi connectivity index (χ1) is 13.6. The fourth-order valence-electron chi connectivity index (χ4n) is 3.49. The topological polar surface area (TPSA) is 66.9 Å². The molecule has 1 N–H and O–H groups in total. The van der Waals surface area contributed by atoms with E-state index in [2.05, 4.69) is 32.2 Å². The average molecular weight is 382 g/mol. The molecule has 0 aliphatic carbocycles. The van der Waals surface area contributed by atoms with Gasteiger partial charge in [0.1, 0.15) is 5.82 Å². The van der Waals surface area contributed by atoms with Gasteiger partial charge in [-0.15, -0.1) is 0 Å². The zero-order chi connectivity index (χ0) is 19.5. The van der Waals surface area contributed by atoms with Crippen LogP contribution in [0.2, 0.25) is 0 Å². The van der Waals surface area contributed by atoms with Crippen LogP contribution in [0.15, 0.2) is 36.5 Å². The van der Waals surface area contributed by atoms with Gasteiger partial charge in [0.05, 0.1) is 5.56 Å². The zero-order valence-corrected chi connectivity index (χ0v) is 16.4. The number of carbonyl (C=O) groups excluding carboxylic acids is 1. The van der Waals surface area contributed by atoms with E-state index in [9.17, 15) is 4.79 Å². The zero-order valence-electron chi connectivity index (χ0n) is 16.4. The van der Waals surface area contributed by atoms with Crippen molar-refractivity contribution in [3.8, 4) is 11.5 Å². The highest BCUT2D eigenvalue weighted by Crippen LogP contribution is 2.32. The molecule has 2 aliphatic heterocycles. The van der Waals surface area contributed by atoms with Crippen LogP contribution in [0.25, 0.3) is 0 Å². The van der Waals surface area contributed by atoms with Crippen LogP contribution in [-0.2, 0) is 6.54 Å². The number of benzene rings is 1. The van der Waals surface area contributed by atoms with Crippen molar-refractivity contribution >= 4 is 11.7 Å². The highest BCUT2D eigenvalue weighted by atomic mass is 16.7. The maximum Gasteiger partial charge on any atom is 0.253 e. The number of carbonyl (C=O) groups is 1. The summed E-state index contributed by atoms with van der Waals surface area (Å²) in [5, 5.41) is 2.89. The predicted octanol–water partition coefficient (Wildman–Crippen LogP) is 2.27. The maximum absolute atomic E-state index is 12.0. The second-order valence-corrected chi connectivity index (χ2v) is 7.48. The van der Waals surface area contributed by atoms with Gasteiger partial charge in [-0.2, -0.15) is 0 Å². The standard InChI is InChI=1S/C21H26N4O3/c1-15(2)23-21(26)17-4-6-20(22-12-17)25-9-7-24(8-10-25)13-16-3-5-18-19(11-16)28-14-27-18/h3-6,11-12,15H,7-10,13-14H2,1-2H3,(H,23,26). The number of nitrogens with one attached hydrogen (secondary N) is 1. The Labute approximate surface area is 165 Å². The summed E-state index contributed by atoms with van der Waals surface area (Å²) < 4.78 is 10.8. The molecule has 2 aromatic rings. The highest BCUT2D eigenvalue weighted by Gasteiger charge is 2.20. The first kappa shape index (κ1) is 18.6. The van der Waals surface area contributed by atoms with Gasteiger partial charge >= 0.3 is 0 Å². The molecule has 1 aromatic carbocycles. The van der Waals surface area contributed by atoms with E-state index in [0.717, 1.165) is 50.0 Å². The monoisotopic (exact) mass is 382 g/mol. The molecule has 148 valence electrons. The average Bonchev–Trinajstić information content (AvgIpc) is 3.16. The van der Waals surface area contributed by atoms with Gasteiger partial charge in [-0.3, -0.25) is 9.69 Å². The van der Waals surface area contributed by atoms with Crippen LogP contribution in [0.4, 0.5) is 5.82 Å². The molecule has 28 heavy (non-hydrogen) atoms. The molecule has 1 saturated heterocycles. The van der Waals surface area contributed by atoms with Crippen LogP contribution in [0.3, 0.4) is 0 Å². The summed E-state index contributed by atoms with van der Waals surface area (Å²) in [5.41, 5.74) is 1.83. The van der Waals surface area contributed by atoms with Crippen LogP contribution in [0.5, 0.6) is 11.5 Å². The minimum absolute atomic E-state index is 0.0809. The summed E-state index contributed by atoms with van der Waals surface area (Å²) in [7, 11) is 0. The summed E-state index contributed by atoms with van der Waals surface area (Å²) in [4.78, 5) is 21.2. The molecule has 0 atom stereocenters. The van der Waals surface area contributed by atoms with Crippen LogP contribution < -0.4 is 19.7 Å². The van der Waals surface area contributed by atoms with Crippen LogP contribution in [0, 0.1) is 0 Å². The molecule has 2 aliphatic rings. The number of ether oxygens (including phenoxy) is 2. The van der Waals surface area contributed by atoms with Crippen molar-refractivity contribution < 1.29 is 14.3 Å².